The van der Waals surface area contributed by atoms with Crippen LogP contribution in [0.15, 0.2) is 66.7 Å². The zero-order valence-corrected chi connectivity index (χ0v) is 19.2. The first-order valence-electron chi connectivity index (χ1n) is 10.8. The van der Waals surface area contributed by atoms with E-state index in [0.717, 1.165) is 17.2 Å². The molecule has 0 bridgehead atoms. The van der Waals surface area contributed by atoms with Gasteiger partial charge in [-0.1, -0.05) is 35.9 Å². The van der Waals surface area contributed by atoms with E-state index in [0.29, 0.717) is 29.2 Å². The molecule has 1 aliphatic rings. The van der Waals surface area contributed by atoms with Gasteiger partial charge in [-0.15, -0.1) is 0 Å². The Kier molecular flexibility index (Phi) is 6.52. The Labute approximate surface area is 197 Å². The molecule has 2 unspecified atom stereocenters. The van der Waals surface area contributed by atoms with Gasteiger partial charge in [0.25, 0.3) is 0 Å². The number of hydrogen-bond donors (Lipinski definition) is 0. The van der Waals surface area contributed by atoms with Crippen LogP contribution in [0.3, 0.4) is 0 Å². The molecule has 2 nitrogen and oxygen atoms in total. The number of halogens is 4. The monoisotopic (exact) mass is 468 g/mol. The minimum absolute atomic E-state index is 0.125. The van der Waals surface area contributed by atoms with Gasteiger partial charge in [-0.25, -0.2) is 13.2 Å². The summed E-state index contributed by atoms with van der Waals surface area (Å²) in [5, 5.41) is 9.97. The lowest BCUT2D eigenvalue weighted by molar-refractivity contribution is 0.00804. The Balaban J connectivity index is 1.65. The number of nitrogens with zero attached hydrogens (tertiary/aromatic N) is 2. The highest BCUT2D eigenvalue weighted by atomic mass is 35.5. The van der Waals surface area contributed by atoms with Crippen LogP contribution >= 0.6 is 11.6 Å². The van der Waals surface area contributed by atoms with E-state index in [9.17, 15) is 14.0 Å². The summed E-state index contributed by atoms with van der Waals surface area (Å²) in [6.45, 7) is 3.99. The molecule has 0 saturated carbocycles. The third kappa shape index (κ3) is 5.08. The maximum atomic E-state index is 15.3. The summed E-state index contributed by atoms with van der Waals surface area (Å²) >= 11 is 6.09. The van der Waals surface area contributed by atoms with Crippen molar-refractivity contribution in [1.29, 1.82) is 5.26 Å². The quantitative estimate of drug-likeness (QED) is 0.388. The average Bonchev–Trinajstić information content (AvgIpc) is 2.72. The van der Waals surface area contributed by atoms with Crippen LogP contribution in [0.5, 0.6) is 0 Å². The highest BCUT2D eigenvalue weighted by molar-refractivity contribution is 6.30. The van der Waals surface area contributed by atoms with Crippen molar-refractivity contribution in [2.75, 3.05) is 13.1 Å². The second kappa shape index (κ2) is 9.21. The topological polar surface area (TPSA) is 27.0 Å². The Hall–Kier alpha value is -2.81. The molecule has 3 aromatic carbocycles. The maximum Gasteiger partial charge on any atom is 0.126 e. The summed E-state index contributed by atoms with van der Waals surface area (Å²) in [5.41, 5.74) is 1.18. The Morgan fingerprint density at radius 2 is 1.58 bits per heavy atom. The Morgan fingerprint density at radius 1 is 0.939 bits per heavy atom. The fraction of sp³-hybridized carbons (Fsp3) is 0.296. The standard InChI is InChI=1S/C27H24ClF3N2/c1-27(2,31)25(20-11-23(29)13-24(30)12-20)21-15-33(16-21)26(18-6-8-22(28)9-7-18)19-5-3-4-17(10-19)14-32/h3-13,21,25-26H,15-16H2,1-2H3. The van der Waals surface area contributed by atoms with Crippen LogP contribution in [0.2, 0.25) is 5.02 Å². The van der Waals surface area contributed by atoms with Gasteiger partial charge < -0.3 is 0 Å². The van der Waals surface area contributed by atoms with Gasteiger partial charge in [-0.05, 0) is 72.9 Å². The Morgan fingerprint density at radius 3 is 2.15 bits per heavy atom. The van der Waals surface area contributed by atoms with Gasteiger partial charge in [0.15, 0.2) is 0 Å². The van der Waals surface area contributed by atoms with E-state index in [1.54, 1.807) is 6.07 Å². The molecule has 0 amide bonds. The number of nitriles is 1. The van der Waals surface area contributed by atoms with E-state index in [4.69, 9.17) is 11.6 Å². The predicted octanol–water partition coefficient (Wildman–Crippen LogP) is 7.04. The summed E-state index contributed by atoms with van der Waals surface area (Å²) in [4.78, 5) is 2.19. The van der Waals surface area contributed by atoms with E-state index in [1.807, 2.05) is 42.5 Å². The van der Waals surface area contributed by atoms with Crippen molar-refractivity contribution in [3.05, 3.63) is 106 Å². The lowest BCUT2D eigenvalue weighted by Gasteiger charge is -2.50. The van der Waals surface area contributed by atoms with Crippen molar-refractivity contribution in [2.45, 2.75) is 31.5 Å². The summed E-state index contributed by atoms with van der Waals surface area (Å²) in [5.74, 6) is -2.19. The van der Waals surface area contributed by atoms with Gasteiger partial charge in [-0.3, -0.25) is 4.90 Å². The lowest BCUT2D eigenvalue weighted by Crippen LogP contribution is -2.53. The first kappa shape index (κ1) is 23.4. The third-order valence-electron chi connectivity index (χ3n) is 6.28. The van der Waals surface area contributed by atoms with Crippen molar-refractivity contribution in [3.8, 4) is 6.07 Å². The number of benzene rings is 3. The summed E-state index contributed by atoms with van der Waals surface area (Å²) in [7, 11) is 0. The van der Waals surface area contributed by atoms with Gasteiger partial charge in [0, 0.05) is 30.1 Å². The van der Waals surface area contributed by atoms with Gasteiger partial charge in [0.05, 0.1) is 17.7 Å². The first-order chi connectivity index (χ1) is 15.7. The SMILES string of the molecule is CC(C)(F)C(c1cc(F)cc(F)c1)C1CN(C(c2ccc(Cl)cc2)c2cccc(C#N)c2)C1. The molecular formula is C27H24ClF3N2. The van der Waals surface area contributed by atoms with Gasteiger partial charge in [0.2, 0.25) is 0 Å². The molecule has 2 atom stereocenters. The van der Waals surface area contributed by atoms with Crippen molar-refractivity contribution in [2.24, 2.45) is 5.92 Å². The highest BCUT2D eigenvalue weighted by Crippen LogP contribution is 2.45. The number of alkyl halides is 1. The molecule has 3 aromatic rings. The molecule has 0 aliphatic carbocycles. The molecule has 1 heterocycles. The zero-order valence-electron chi connectivity index (χ0n) is 18.4. The maximum absolute atomic E-state index is 15.3. The van der Waals surface area contributed by atoms with Crippen LogP contribution in [0.25, 0.3) is 0 Å². The second-order valence-corrected chi connectivity index (χ2v) is 9.59. The molecular weight excluding hydrogens is 445 g/mol. The van der Waals surface area contributed by atoms with Crippen LogP contribution in [-0.4, -0.2) is 23.7 Å². The second-order valence-electron chi connectivity index (χ2n) is 9.15. The van der Waals surface area contributed by atoms with Gasteiger partial charge >= 0.3 is 0 Å². The van der Waals surface area contributed by atoms with Crippen LogP contribution < -0.4 is 0 Å². The third-order valence-corrected chi connectivity index (χ3v) is 6.53. The fourth-order valence-corrected chi connectivity index (χ4v) is 5.12. The summed E-state index contributed by atoms with van der Waals surface area (Å²) < 4.78 is 43.1. The highest BCUT2D eigenvalue weighted by Gasteiger charge is 2.45. The zero-order chi connectivity index (χ0) is 23.8. The van der Waals surface area contributed by atoms with Crippen molar-refractivity contribution < 1.29 is 13.2 Å². The molecule has 0 N–H and O–H groups in total. The molecule has 1 saturated heterocycles. The van der Waals surface area contributed by atoms with E-state index >= 15 is 4.39 Å². The van der Waals surface area contributed by atoms with Crippen LogP contribution in [0.1, 0.15) is 48.1 Å². The van der Waals surface area contributed by atoms with Crippen LogP contribution in [-0.2, 0) is 0 Å². The number of likely N-dealkylation sites (tertiary alicyclic amines) is 1. The molecule has 6 heteroatoms. The van der Waals surface area contributed by atoms with E-state index in [1.165, 1.54) is 26.0 Å². The van der Waals surface area contributed by atoms with Gasteiger partial charge in [0.1, 0.15) is 17.3 Å². The van der Waals surface area contributed by atoms with E-state index in [-0.39, 0.29) is 12.0 Å². The fourth-order valence-electron chi connectivity index (χ4n) is 4.99. The van der Waals surface area contributed by atoms with Gasteiger partial charge in [-0.2, -0.15) is 5.26 Å². The van der Waals surface area contributed by atoms with Crippen LogP contribution in [0, 0.1) is 28.9 Å². The molecule has 0 radical (unpaired) electrons. The minimum Gasteiger partial charge on any atom is -0.292 e. The molecule has 0 aromatic heterocycles. The largest absolute Gasteiger partial charge is 0.292 e. The van der Waals surface area contributed by atoms with Crippen LogP contribution in [0.4, 0.5) is 13.2 Å². The van der Waals surface area contributed by atoms with Crippen molar-refractivity contribution >= 4 is 11.6 Å². The number of rotatable bonds is 6. The van der Waals surface area contributed by atoms with E-state index in [2.05, 4.69) is 11.0 Å². The number of hydrogen-bond acceptors (Lipinski definition) is 2. The minimum atomic E-state index is -1.66. The van der Waals surface area contributed by atoms with Crippen molar-refractivity contribution in [1.82, 2.24) is 4.90 Å². The molecule has 1 aliphatic heterocycles. The average molecular weight is 469 g/mol. The van der Waals surface area contributed by atoms with Crippen molar-refractivity contribution in [3.63, 3.8) is 0 Å². The molecule has 4 rings (SSSR count). The first-order valence-corrected chi connectivity index (χ1v) is 11.2. The predicted molar refractivity (Wildman–Crippen MR) is 124 cm³/mol. The lowest BCUT2D eigenvalue weighted by atomic mass is 9.72. The normalized spacial score (nSPS) is 16.6. The molecule has 170 valence electrons. The smallest absolute Gasteiger partial charge is 0.126 e. The molecule has 1 fully saturated rings. The summed E-state index contributed by atoms with van der Waals surface area (Å²) in [6.07, 6.45) is 0. The Bertz CT molecular complexity index is 1150. The summed E-state index contributed by atoms with van der Waals surface area (Å²) in [6, 6.07) is 20.2. The molecule has 0 spiro atoms. The van der Waals surface area contributed by atoms with E-state index < -0.39 is 23.2 Å². The molecule has 33 heavy (non-hydrogen) atoms.